The molecule has 0 radical (unpaired) electrons. The summed E-state index contributed by atoms with van der Waals surface area (Å²) in [4.78, 5) is 0. The summed E-state index contributed by atoms with van der Waals surface area (Å²) in [7, 11) is 0. The molecule has 6 aliphatic carbocycles. The van der Waals surface area contributed by atoms with Crippen molar-refractivity contribution in [1.29, 1.82) is 0 Å². The molecule has 0 bridgehead atoms. The van der Waals surface area contributed by atoms with Crippen LogP contribution in [0.15, 0.2) is 0 Å². The third-order valence-corrected chi connectivity index (χ3v) is 33.6. The van der Waals surface area contributed by atoms with Crippen molar-refractivity contribution in [2.24, 2.45) is 142 Å². The van der Waals surface area contributed by atoms with E-state index in [1.54, 1.807) is 0 Å². The van der Waals surface area contributed by atoms with Crippen molar-refractivity contribution in [2.45, 2.75) is 593 Å². The molecule has 3 nitrogen and oxygen atoms in total. The van der Waals surface area contributed by atoms with Crippen LogP contribution in [0.3, 0.4) is 0 Å². The zero-order chi connectivity index (χ0) is 97.5. The van der Waals surface area contributed by atoms with Gasteiger partial charge in [-0.05, 0) is 264 Å². The maximum absolute atomic E-state index is 3.71. The molecule has 0 amide bonds. The van der Waals surface area contributed by atoms with Gasteiger partial charge >= 0.3 is 0 Å². The van der Waals surface area contributed by atoms with Crippen molar-refractivity contribution in [2.75, 3.05) is 26.2 Å². The van der Waals surface area contributed by atoms with Crippen LogP contribution in [0.4, 0.5) is 0 Å². The summed E-state index contributed by atoms with van der Waals surface area (Å²) < 4.78 is 0. The summed E-state index contributed by atoms with van der Waals surface area (Å²) in [6.07, 6.45) is 39.0. The van der Waals surface area contributed by atoms with E-state index in [2.05, 4.69) is 300 Å². The van der Waals surface area contributed by atoms with Gasteiger partial charge in [-0.2, -0.15) is 0 Å². The monoisotopic (exact) mass is 1700 g/mol. The highest BCUT2D eigenvalue weighted by atomic mass is 15.1. The summed E-state index contributed by atoms with van der Waals surface area (Å²) in [5.74, 6) is 11.0. The Morgan fingerprint density at radius 1 is 0.183 bits per heavy atom. The molecule has 120 heavy (non-hydrogen) atoms. The van der Waals surface area contributed by atoms with E-state index in [1.807, 2.05) is 125 Å². The van der Waals surface area contributed by atoms with E-state index < -0.39 is 0 Å². The molecule has 0 aromatic rings. The molecule has 3 N–H and O–H groups in total. The summed E-state index contributed by atoms with van der Waals surface area (Å²) >= 11 is 0. The van der Waals surface area contributed by atoms with E-state index in [0.29, 0.717) is 65.2 Å². The second kappa shape index (κ2) is 67.1. The zero-order valence-electron chi connectivity index (χ0n) is 96.9. The lowest BCUT2D eigenvalue weighted by molar-refractivity contribution is -0.0462. The predicted octanol–water partition coefficient (Wildman–Crippen LogP) is 40.7. The van der Waals surface area contributed by atoms with E-state index in [4.69, 9.17) is 0 Å². The summed E-state index contributed by atoms with van der Waals surface area (Å²) in [6, 6.07) is 0. The second-order valence-corrected chi connectivity index (χ2v) is 46.1. The van der Waals surface area contributed by atoms with Gasteiger partial charge in [0.05, 0.1) is 0 Å². The maximum atomic E-state index is 3.71. The summed E-state index contributed by atoms with van der Waals surface area (Å²) in [5, 5.41) is 10.7. The fourth-order valence-corrected chi connectivity index (χ4v) is 24.5. The van der Waals surface area contributed by atoms with Crippen LogP contribution in [0.25, 0.3) is 0 Å². The van der Waals surface area contributed by atoms with Crippen LogP contribution in [0.2, 0.25) is 0 Å². The maximum Gasteiger partial charge on any atom is 0.0253 e. The van der Waals surface area contributed by atoms with Crippen LogP contribution < -0.4 is 16.0 Å². The highest BCUT2D eigenvalue weighted by molar-refractivity contribution is 5.06. The van der Waals surface area contributed by atoms with Crippen molar-refractivity contribution >= 4 is 0 Å². The molecule has 1 atom stereocenters. The van der Waals surface area contributed by atoms with Crippen molar-refractivity contribution in [3.63, 3.8) is 0 Å². The average Bonchev–Trinajstić information content (AvgIpc) is 1.58. The molecule has 3 saturated heterocycles. The van der Waals surface area contributed by atoms with Crippen molar-refractivity contribution in [1.82, 2.24) is 16.0 Å². The van der Waals surface area contributed by atoms with Crippen molar-refractivity contribution < 1.29 is 0 Å². The fourth-order valence-electron chi connectivity index (χ4n) is 24.5. The summed E-state index contributed by atoms with van der Waals surface area (Å²) in [6.45, 7) is 138. The van der Waals surface area contributed by atoms with E-state index in [9.17, 15) is 0 Å². The van der Waals surface area contributed by atoms with Gasteiger partial charge in [0.2, 0.25) is 0 Å². The molecule has 3 aliphatic heterocycles. The van der Waals surface area contributed by atoms with Gasteiger partial charge in [0.25, 0.3) is 0 Å². The first-order valence-corrected chi connectivity index (χ1v) is 54.6. The molecule has 9 aliphatic rings. The first-order valence-electron chi connectivity index (χ1n) is 54.6. The van der Waals surface area contributed by atoms with Crippen LogP contribution in [-0.4, -0.2) is 37.3 Å². The molecule has 1 unspecified atom stereocenters. The third kappa shape index (κ3) is 40.3. The lowest BCUT2D eigenvalue weighted by Crippen LogP contribution is -2.63. The topological polar surface area (TPSA) is 36.1 Å². The Kier molecular flexibility index (Phi) is 77.1. The minimum atomic E-state index is 0.382. The van der Waals surface area contributed by atoms with Crippen LogP contribution in [0, 0.1) is 142 Å². The lowest BCUT2D eigenvalue weighted by atomic mass is 9.51. The SMILES string of the molecule is CC.CC.CC.CC.CC.CC.CC.CC.CC.CC(C)(C)C1(C(C)(C)C)CCCCCC1.CC(C)C1(C(C)(C)C)CC1.CC(C)C1(C(C)(C)C)CCCCC1.CC(C)C1(C(C)(C)C)CCCN1.CC(C)C1(C(C)C)CCC1.CC(C)C1(C(C)C)CCC1.CC(C)C1(C(C)C)CCCC1.CC(C)C1(C(C)C)CCN1.CC(C)C1(C(C)C)CCNC1. The number of hydrogen-bond donors (Lipinski definition) is 3. The molecule has 9 rings (SSSR count). The van der Waals surface area contributed by atoms with Crippen molar-refractivity contribution in [3.05, 3.63) is 0 Å². The van der Waals surface area contributed by atoms with E-state index in [0.717, 1.165) is 87.8 Å². The molecular weight excluding hydrogens is 1450 g/mol. The number of hydrogen-bond acceptors (Lipinski definition) is 3. The average molecular weight is 1700 g/mol. The second-order valence-electron chi connectivity index (χ2n) is 46.1. The van der Waals surface area contributed by atoms with Gasteiger partial charge in [-0.15, -0.1) is 0 Å². The van der Waals surface area contributed by atoms with Gasteiger partial charge in [-0.25, -0.2) is 0 Å². The highest BCUT2D eigenvalue weighted by Crippen LogP contribution is 2.64. The van der Waals surface area contributed by atoms with Gasteiger partial charge in [0.1, 0.15) is 0 Å². The quantitative estimate of drug-likeness (QED) is 0.161. The Morgan fingerprint density at radius 3 is 0.542 bits per heavy atom. The van der Waals surface area contributed by atoms with Gasteiger partial charge in [0, 0.05) is 17.6 Å². The summed E-state index contributed by atoms with van der Waals surface area (Å²) in [5.41, 5.74) is 7.70. The first kappa shape index (κ1) is 138. The fraction of sp³-hybridized carbons (Fsp3) is 1.00. The Bertz CT molecular complexity index is 1990. The normalized spacial score (nSPS) is 21.2. The van der Waals surface area contributed by atoms with Crippen LogP contribution >= 0.6 is 0 Å². The van der Waals surface area contributed by atoms with E-state index in [1.165, 1.54) is 200 Å². The van der Waals surface area contributed by atoms with E-state index in [-0.39, 0.29) is 0 Å². The van der Waals surface area contributed by atoms with Gasteiger partial charge in [-0.1, -0.05) is 479 Å². The standard InChI is InChI=1S/C15H30.C13H26.C11H23N.C11H22.C10H21N.3C10H20.C9H19N.9C2H6/c1-13(2,3)15(14(4,5)6)11-9-7-8-10-12-15;1-11(2)13(12(3,4)5)9-7-6-8-10-13;1-9(2)11(10(3,4)5)7-6-8-12-11;1-9(2)11(10(3)4)7-5-6-8-11;1-8(2)10(9(3)4)5-6-11-7-10;1-8(2)10(6-7-10)9(3,4)5;2*1-8(2)10(9(3)4)6-5-7-10;1-7(2)9(8(3)4)5-6-10-9;9*1-2/h7-12H2,1-6H3;11H,6-10H2,1-5H3;9,12H,6-8H2,1-5H3;9-10H,5-8H2,1-4H3;8-9,11H,5-7H2,1-4H3;8H,6-7H2,1-5H3;2*8-9H,5-7H2,1-4H3;7-8,10H,5-6H2,1-4H3;9*1-2H3. The van der Waals surface area contributed by atoms with Gasteiger partial charge < -0.3 is 16.0 Å². The molecule has 6 saturated carbocycles. The molecule has 0 aromatic heterocycles. The third-order valence-electron chi connectivity index (χ3n) is 33.6. The molecule has 9 fully saturated rings. The molecule has 0 aromatic carbocycles. The van der Waals surface area contributed by atoms with Crippen LogP contribution in [0.5, 0.6) is 0 Å². The number of nitrogens with one attached hydrogen (secondary N) is 3. The lowest BCUT2D eigenvalue weighted by Gasteiger charge is -2.54. The minimum Gasteiger partial charge on any atom is -0.316 e. The van der Waals surface area contributed by atoms with Gasteiger partial charge in [0.15, 0.2) is 0 Å². The smallest absolute Gasteiger partial charge is 0.0253 e. The zero-order valence-corrected chi connectivity index (χ0v) is 96.9. The molecule has 3 heteroatoms. The van der Waals surface area contributed by atoms with Crippen LogP contribution in [0.1, 0.15) is 582 Å². The van der Waals surface area contributed by atoms with Gasteiger partial charge in [-0.3, -0.25) is 0 Å². The Morgan fingerprint density at radius 2 is 0.433 bits per heavy atom. The molecule has 738 valence electrons. The Balaban J connectivity index is -0.000000161. The number of rotatable bonds is 13. The predicted molar refractivity (Wildman–Crippen MR) is 568 cm³/mol. The first-order chi connectivity index (χ1) is 55.4. The van der Waals surface area contributed by atoms with Crippen LogP contribution in [-0.2, 0) is 0 Å². The van der Waals surface area contributed by atoms with E-state index >= 15 is 0 Å². The highest BCUT2D eigenvalue weighted by Gasteiger charge is 2.54. The molecule has 0 spiro atoms. The largest absolute Gasteiger partial charge is 0.316 e. The van der Waals surface area contributed by atoms with Crippen molar-refractivity contribution in [3.8, 4) is 0 Å². The minimum absolute atomic E-state index is 0.382. The molecular formula is C117H255N3. The Labute approximate surface area is 772 Å². The Hall–Kier alpha value is -0.120. The molecule has 3 heterocycles.